The highest BCUT2D eigenvalue weighted by Gasteiger charge is 2.18. The molecule has 0 saturated heterocycles. The van der Waals surface area contributed by atoms with E-state index in [2.05, 4.69) is 31.1 Å². The molecule has 0 aliphatic heterocycles. The molecule has 0 unspecified atom stereocenters. The fourth-order valence-electron chi connectivity index (χ4n) is 2.35. The van der Waals surface area contributed by atoms with Crippen molar-refractivity contribution in [1.29, 1.82) is 0 Å². The minimum atomic E-state index is -0.939. The smallest absolute Gasteiger partial charge is 0.354 e. The van der Waals surface area contributed by atoms with Crippen molar-refractivity contribution in [3.05, 3.63) is 41.7 Å². The quantitative estimate of drug-likeness (QED) is 0.906. The second-order valence-corrected chi connectivity index (χ2v) is 5.32. The SMILES string of the molecule is CCn1ncc(-c2ccc(CC(C)C)cc2)c1C(=O)O. The Kier molecular flexibility index (Phi) is 4.23. The molecule has 1 heterocycles. The van der Waals surface area contributed by atoms with Crippen molar-refractivity contribution in [1.82, 2.24) is 9.78 Å². The van der Waals surface area contributed by atoms with E-state index in [1.807, 2.05) is 19.1 Å². The van der Waals surface area contributed by atoms with Gasteiger partial charge in [-0.2, -0.15) is 5.10 Å². The number of aromatic carboxylic acids is 1. The molecule has 20 heavy (non-hydrogen) atoms. The molecule has 0 atom stereocenters. The summed E-state index contributed by atoms with van der Waals surface area (Å²) in [5.41, 5.74) is 3.10. The Labute approximate surface area is 119 Å². The third-order valence-electron chi connectivity index (χ3n) is 3.25. The molecular weight excluding hydrogens is 252 g/mol. The summed E-state index contributed by atoms with van der Waals surface area (Å²) in [6.07, 6.45) is 2.66. The van der Waals surface area contributed by atoms with E-state index in [0.717, 1.165) is 12.0 Å². The number of benzene rings is 1. The number of aryl methyl sites for hydroxylation is 1. The van der Waals surface area contributed by atoms with Crippen LogP contribution >= 0.6 is 0 Å². The monoisotopic (exact) mass is 272 g/mol. The van der Waals surface area contributed by atoms with Crippen LogP contribution in [0.4, 0.5) is 0 Å². The molecule has 0 spiro atoms. The van der Waals surface area contributed by atoms with Crippen molar-refractivity contribution in [2.45, 2.75) is 33.7 Å². The Morgan fingerprint density at radius 2 is 1.95 bits per heavy atom. The van der Waals surface area contributed by atoms with Gasteiger partial charge in [-0.15, -0.1) is 0 Å². The molecule has 0 bridgehead atoms. The summed E-state index contributed by atoms with van der Waals surface area (Å²) < 4.78 is 1.51. The van der Waals surface area contributed by atoms with Gasteiger partial charge >= 0.3 is 5.97 Å². The van der Waals surface area contributed by atoms with Gasteiger partial charge in [-0.3, -0.25) is 4.68 Å². The third-order valence-corrected chi connectivity index (χ3v) is 3.25. The molecule has 0 aliphatic rings. The number of rotatable bonds is 5. The first kappa shape index (κ1) is 14.3. The van der Waals surface area contributed by atoms with E-state index >= 15 is 0 Å². The van der Waals surface area contributed by atoms with Crippen LogP contribution in [0.1, 0.15) is 36.8 Å². The van der Waals surface area contributed by atoms with Crippen LogP contribution in [0.25, 0.3) is 11.1 Å². The van der Waals surface area contributed by atoms with Gasteiger partial charge in [0.15, 0.2) is 5.69 Å². The first-order valence-electron chi connectivity index (χ1n) is 6.91. The third kappa shape index (κ3) is 2.90. The average molecular weight is 272 g/mol. The van der Waals surface area contributed by atoms with E-state index in [-0.39, 0.29) is 5.69 Å². The summed E-state index contributed by atoms with van der Waals surface area (Å²) >= 11 is 0. The van der Waals surface area contributed by atoms with Crippen LogP contribution in [0, 0.1) is 5.92 Å². The van der Waals surface area contributed by atoms with Crippen LogP contribution in [0.2, 0.25) is 0 Å². The molecule has 0 aliphatic carbocycles. The van der Waals surface area contributed by atoms with Crippen LogP contribution in [0.3, 0.4) is 0 Å². The molecule has 1 aromatic carbocycles. The van der Waals surface area contributed by atoms with Crippen molar-refractivity contribution in [3.8, 4) is 11.1 Å². The van der Waals surface area contributed by atoms with Gasteiger partial charge in [0.2, 0.25) is 0 Å². The molecule has 2 rings (SSSR count). The van der Waals surface area contributed by atoms with Gasteiger partial charge in [0.05, 0.1) is 6.20 Å². The Morgan fingerprint density at radius 3 is 2.45 bits per heavy atom. The molecule has 2 aromatic rings. The second-order valence-electron chi connectivity index (χ2n) is 5.32. The molecule has 4 heteroatoms. The Bertz CT molecular complexity index is 597. The number of nitrogens with zero attached hydrogens (tertiary/aromatic N) is 2. The highest BCUT2D eigenvalue weighted by molar-refractivity contribution is 5.94. The standard InChI is InChI=1S/C16H20N2O2/c1-4-18-15(16(19)20)14(10-17-18)13-7-5-12(6-8-13)9-11(2)3/h5-8,10-11H,4,9H2,1-3H3,(H,19,20). The predicted octanol–water partition coefficient (Wildman–Crippen LogP) is 3.47. The van der Waals surface area contributed by atoms with E-state index in [1.165, 1.54) is 10.2 Å². The van der Waals surface area contributed by atoms with E-state index < -0.39 is 5.97 Å². The molecule has 0 radical (unpaired) electrons. The molecule has 1 N–H and O–H groups in total. The molecule has 0 amide bonds. The summed E-state index contributed by atoms with van der Waals surface area (Å²) in [5, 5.41) is 13.5. The van der Waals surface area contributed by atoms with Crippen LogP contribution < -0.4 is 0 Å². The van der Waals surface area contributed by atoms with Gasteiger partial charge in [-0.05, 0) is 30.4 Å². The van der Waals surface area contributed by atoms with Crippen molar-refractivity contribution in [2.75, 3.05) is 0 Å². The molecule has 0 saturated carbocycles. The van der Waals surface area contributed by atoms with E-state index in [4.69, 9.17) is 0 Å². The predicted molar refractivity (Wildman–Crippen MR) is 78.8 cm³/mol. The van der Waals surface area contributed by atoms with Crippen molar-refractivity contribution >= 4 is 5.97 Å². The van der Waals surface area contributed by atoms with Crippen molar-refractivity contribution < 1.29 is 9.90 Å². The highest BCUT2D eigenvalue weighted by Crippen LogP contribution is 2.24. The van der Waals surface area contributed by atoms with Gasteiger partial charge in [-0.1, -0.05) is 38.1 Å². The fraction of sp³-hybridized carbons (Fsp3) is 0.375. The lowest BCUT2D eigenvalue weighted by atomic mass is 9.99. The van der Waals surface area contributed by atoms with Crippen molar-refractivity contribution in [3.63, 3.8) is 0 Å². The van der Waals surface area contributed by atoms with E-state index in [1.54, 1.807) is 6.20 Å². The van der Waals surface area contributed by atoms with E-state index in [0.29, 0.717) is 18.0 Å². The van der Waals surface area contributed by atoms with Crippen LogP contribution in [-0.2, 0) is 13.0 Å². The lowest BCUT2D eigenvalue weighted by molar-refractivity contribution is 0.0684. The maximum absolute atomic E-state index is 11.4. The number of carboxylic acids is 1. The zero-order chi connectivity index (χ0) is 14.7. The fourth-order valence-corrected chi connectivity index (χ4v) is 2.35. The number of hydrogen-bond donors (Lipinski definition) is 1. The van der Waals surface area contributed by atoms with Gasteiger partial charge in [0, 0.05) is 12.1 Å². The zero-order valence-corrected chi connectivity index (χ0v) is 12.1. The molecule has 0 fully saturated rings. The molecule has 1 aromatic heterocycles. The summed E-state index contributed by atoms with van der Waals surface area (Å²) in [7, 11) is 0. The van der Waals surface area contributed by atoms with Gasteiger partial charge in [0.1, 0.15) is 0 Å². The Morgan fingerprint density at radius 1 is 1.30 bits per heavy atom. The largest absolute Gasteiger partial charge is 0.477 e. The summed E-state index contributed by atoms with van der Waals surface area (Å²) in [5.74, 6) is -0.330. The van der Waals surface area contributed by atoms with Crippen LogP contribution in [0.5, 0.6) is 0 Å². The Balaban J connectivity index is 2.37. The summed E-state index contributed by atoms with van der Waals surface area (Å²) in [4.78, 5) is 11.4. The summed E-state index contributed by atoms with van der Waals surface area (Å²) in [6, 6.07) is 8.07. The minimum Gasteiger partial charge on any atom is -0.477 e. The van der Waals surface area contributed by atoms with Crippen LogP contribution in [-0.4, -0.2) is 20.9 Å². The van der Waals surface area contributed by atoms with Gasteiger partial charge < -0.3 is 5.11 Å². The van der Waals surface area contributed by atoms with Gasteiger partial charge in [-0.25, -0.2) is 4.79 Å². The number of hydrogen-bond acceptors (Lipinski definition) is 2. The average Bonchev–Trinajstić information content (AvgIpc) is 2.82. The lowest BCUT2D eigenvalue weighted by Gasteiger charge is -2.07. The van der Waals surface area contributed by atoms with Crippen LogP contribution in [0.15, 0.2) is 30.5 Å². The first-order chi connectivity index (χ1) is 9.52. The van der Waals surface area contributed by atoms with Crippen molar-refractivity contribution in [2.24, 2.45) is 5.92 Å². The first-order valence-corrected chi connectivity index (χ1v) is 6.91. The maximum Gasteiger partial charge on any atom is 0.354 e. The second kappa shape index (κ2) is 5.90. The molecular formula is C16H20N2O2. The molecule has 106 valence electrons. The number of aromatic nitrogens is 2. The lowest BCUT2D eigenvalue weighted by Crippen LogP contribution is -2.09. The highest BCUT2D eigenvalue weighted by atomic mass is 16.4. The summed E-state index contributed by atoms with van der Waals surface area (Å²) in [6.45, 7) is 6.80. The zero-order valence-electron chi connectivity index (χ0n) is 12.1. The van der Waals surface area contributed by atoms with E-state index in [9.17, 15) is 9.90 Å². The Hall–Kier alpha value is -2.10. The minimum absolute atomic E-state index is 0.254. The number of carboxylic acid groups (broad SMARTS) is 1. The maximum atomic E-state index is 11.4. The van der Waals surface area contributed by atoms with Gasteiger partial charge in [0.25, 0.3) is 0 Å². The number of carbonyl (C=O) groups is 1. The molecule has 4 nitrogen and oxygen atoms in total. The topological polar surface area (TPSA) is 55.1 Å². The normalized spacial score (nSPS) is 11.0.